The molecule has 0 heterocycles. The number of allylic oxidation sites excluding steroid dienone is 1. The van der Waals surface area contributed by atoms with Gasteiger partial charge in [0.2, 0.25) is 5.70 Å². The van der Waals surface area contributed by atoms with E-state index in [-0.39, 0.29) is 10.6 Å². The van der Waals surface area contributed by atoms with Crippen molar-refractivity contribution in [2.45, 2.75) is 13.3 Å². The standard InChI is InChI=1S/C12H15NO4/c1-4-10(13(14)15)7-9-5-6-11(16-2)8-12(9)17-3/h5-8H,4H2,1-3H3/b10-7-. The van der Waals surface area contributed by atoms with E-state index in [0.717, 1.165) is 0 Å². The van der Waals surface area contributed by atoms with Crippen molar-refractivity contribution < 1.29 is 14.4 Å². The van der Waals surface area contributed by atoms with E-state index in [2.05, 4.69) is 0 Å². The lowest BCUT2D eigenvalue weighted by Gasteiger charge is -2.07. The summed E-state index contributed by atoms with van der Waals surface area (Å²) in [5.41, 5.74) is 0.815. The first kappa shape index (κ1) is 13.0. The molecule has 1 aromatic carbocycles. The molecular formula is C12H15NO4. The third-order valence-electron chi connectivity index (χ3n) is 2.36. The Morgan fingerprint density at radius 3 is 2.59 bits per heavy atom. The van der Waals surface area contributed by atoms with Gasteiger partial charge in [-0.15, -0.1) is 0 Å². The molecule has 0 aliphatic carbocycles. The number of benzene rings is 1. The summed E-state index contributed by atoms with van der Waals surface area (Å²) in [7, 11) is 3.07. The zero-order chi connectivity index (χ0) is 12.8. The van der Waals surface area contributed by atoms with Crippen LogP contribution in [0.1, 0.15) is 18.9 Å². The van der Waals surface area contributed by atoms with Crippen LogP contribution < -0.4 is 9.47 Å². The molecule has 1 aromatic rings. The molecule has 0 spiro atoms. The van der Waals surface area contributed by atoms with E-state index in [4.69, 9.17) is 9.47 Å². The molecule has 0 N–H and O–H groups in total. The fraction of sp³-hybridized carbons (Fsp3) is 0.333. The van der Waals surface area contributed by atoms with Crippen molar-refractivity contribution >= 4 is 6.08 Å². The van der Waals surface area contributed by atoms with Gasteiger partial charge in [0.15, 0.2) is 0 Å². The summed E-state index contributed by atoms with van der Waals surface area (Å²) >= 11 is 0. The molecule has 5 nitrogen and oxygen atoms in total. The van der Waals surface area contributed by atoms with Gasteiger partial charge in [-0.2, -0.15) is 0 Å². The lowest BCUT2D eigenvalue weighted by molar-refractivity contribution is -0.425. The summed E-state index contributed by atoms with van der Waals surface area (Å²) < 4.78 is 10.2. The predicted octanol–water partition coefficient (Wildman–Crippen LogP) is 2.73. The number of hydrogen-bond acceptors (Lipinski definition) is 4. The number of nitro groups is 1. The highest BCUT2D eigenvalue weighted by Gasteiger charge is 2.10. The second kappa shape index (κ2) is 5.89. The van der Waals surface area contributed by atoms with Gasteiger partial charge in [-0.1, -0.05) is 6.92 Å². The Kier molecular flexibility index (Phi) is 4.51. The molecule has 0 radical (unpaired) electrons. The van der Waals surface area contributed by atoms with Gasteiger partial charge in [0, 0.05) is 24.1 Å². The molecule has 0 aliphatic rings. The predicted molar refractivity (Wildman–Crippen MR) is 64.8 cm³/mol. The fourth-order valence-electron chi connectivity index (χ4n) is 1.40. The van der Waals surface area contributed by atoms with Crippen molar-refractivity contribution in [3.8, 4) is 11.5 Å². The third-order valence-corrected chi connectivity index (χ3v) is 2.36. The Morgan fingerprint density at radius 1 is 1.41 bits per heavy atom. The molecular weight excluding hydrogens is 222 g/mol. The molecule has 0 bridgehead atoms. The van der Waals surface area contributed by atoms with Crippen molar-refractivity contribution in [3.05, 3.63) is 39.6 Å². The Bertz CT molecular complexity index is 440. The van der Waals surface area contributed by atoms with E-state index >= 15 is 0 Å². The van der Waals surface area contributed by atoms with Gasteiger partial charge in [0.1, 0.15) is 11.5 Å². The molecule has 0 unspecified atom stereocenters. The molecule has 1 rings (SSSR count). The minimum Gasteiger partial charge on any atom is -0.497 e. The maximum Gasteiger partial charge on any atom is 0.246 e. The Hall–Kier alpha value is -2.04. The minimum absolute atomic E-state index is 0.147. The smallest absolute Gasteiger partial charge is 0.246 e. The summed E-state index contributed by atoms with van der Waals surface area (Å²) in [6, 6.07) is 5.16. The highest BCUT2D eigenvalue weighted by molar-refractivity contribution is 5.60. The molecule has 0 atom stereocenters. The quantitative estimate of drug-likeness (QED) is 0.583. The van der Waals surface area contributed by atoms with Crippen LogP contribution in [0, 0.1) is 10.1 Å². The largest absolute Gasteiger partial charge is 0.497 e. The van der Waals surface area contributed by atoms with Crippen molar-refractivity contribution in [1.82, 2.24) is 0 Å². The zero-order valence-corrected chi connectivity index (χ0v) is 10.1. The average molecular weight is 237 g/mol. The van der Waals surface area contributed by atoms with Gasteiger partial charge in [-0.25, -0.2) is 0 Å². The van der Waals surface area contributed by atoms with Crippen LogP contribution in [0.15, 0.2) is 23.9 Å². The molecule has 0 saturated heterocycles. The van der Waals surface area contributed by atoms with E-state index in [1.54, 1.807) is 32.2 Å². The van der Waals surface area contributed by atoms with Gasteiger partial charge in [0.25, 0.3) is 0 Å². The normalized spacial score (nSPS) is 11.1. The molecule has 0 fully saturated rings. The van der Waals surface area contributed by atoms with Crippen molar-refractivity contribution in [2.75, 3.05) is 14.2 Å². The monoisotopic (exact) mass is 237 g/mol. The molecule has 17 heavy (non-hydrogen) atoms. The van der Waals surface area contributed by atoms with Crippen LogP contribution in [-0.4, -0.2) is 19.1 Å². The molecule has 92 valence electrons. The Labute approximate surface area is 99.8 Å². The van der Waals surface area contributed by atoms with Gasteiger partial charge < -0.3 is 9.47 Å². The van der Waals surface area contributed by atoms with Crippen molar-refractivity contribution in [2.24, 2.45) is 0 Å². The summed E-state index contributed by atoms with van der Waals surface area (Å²) in [6.45, 7) is 1.74. The highest BCUT2D eigenvalue weighted by atomic mass is 16.6. The zero-order valence-electron chi connectivity index (χ0n) is 10.1. The van der Waals surface area contributed by atoms with E-state index in [1.807, 2.05) is 0 Å². The molecule has 0 aliphatic heterocycles. The second-order valence-electron chi connectivity index (χ2n) is 3.35. The van der Waals surface area contributed by atoms with Gasteiger partial charge in [0.05, 0.1) is 19.1 Å². The number of methoxy groups -OCH3 is 2. The highest BCUT2D eigenvalue weighted by Crippen LogP contribution is 2.26. The number of rotatable bonds is 5. The summed E-state index contributed by atoms with van der Waals surface area (Å²) in [5.74, 6) is 1.20. The first-order valence-electron chi connectivity index (χ1n) is 5.19. The lowest BCUT2D eigenvalue weighted by atomic mass is 10.1. The first-order valence-corrected chi connectivity index (χ1v) is 5.19. The van der Waals surface area contributed by atoms with E-state index in [9.17, 15) is 10.1 Å². The molecule has 0 saturated carbocycles. The SMILES string of the molecule is CC/C(=C/c1ccc(OC)cc1OC)[N+](=O)[O-]. The maximum absolute atomic E-state index is 10.7. The third kappa shape index (κ3) is 3.21. The summed E-state index contributed by atoms with van der Waals surface area (Å²) in [6.07, 6.45) is 1.88. The van der Waals surface area contributed by atoms with Crippen LogP contribution in [0.5, 0.6) is 11.5 Å². The topological polar surface area (TPSA) is 61.6 Å². The average Bonchev–Trinajstić information content (AvgIpc) is 2.35. The summed E-state index contributed by atoms with van der Waals surface area (Å²) in [4.78, 5) is 10.3. The van der Waals surface area contributed by atoms with E-state index < -0.39 is 0 Å². The number of ether oxygens (including phenoxy) is 2. The van der Waals surface area contributed by atoms with Crippen LogP contribution in [-0.2, 0) is 0 Å². The molecule has 0 aromatic heterocycles. The Balaban J connectivity index is 3.17. The molecule has 0 amide bonds. The lowest BCUT2D eigenvalue weighted by Crippen LogP contribution is -1.97. The minimum atomic E-state index is -0.385. The van der Waals surface area contributed by atoms with Crippen LogP contribution >= 0.6 is 0 Å². The number of nitrogens with zero attached hydrogens (tertiary/aromatic N) is 1. The van der Waals surface area contributed by atoms with Crippen LogP contribution in [0.3, 0.4) is 0 Å². The second-order valence-corrected chi connectivity index (χ2v) is 3.35. The Morgan fingerprint density at radius 2 is 2.12 bits per heavy atom. The van der Waals surface area contributed by atoms with E-state index in [1.165, 1.54) is 13.2 Å². The fourth-order valence-corrected chi connectivity index (χ4v) is 1.40. The van der Waals surface area contributed by atoms with Crippen LogP contribution in [0.25, 0.3) is 6.08 Å². The maximum atomic E-state index is 10.7. The number of hydrogen-bond donors (Lipinski definition) is 0. The van der Waals surface area contributed by atoms with Crippen molar-refractivity contribution in [1.29, 1.82) is 0 Å². The van der Waals surface area contributed by atoms with Gasteiger partial charge in [-0.3, -0.25) is 10.1 Å². The van der Waals surface area contributed by atoms with Gasteiger partial charge >= 0.3 is 0 Å². The molecule has 5 heteroatoms. The van der Waals surface area contributed by atoms with Crippen LogP contribution in [0.4, 0.5) is 0 Å². The van der Waals surface area contributed by atoms with E-state index in [0.29, 0.717) is 23.5 Å². The first-order chi connectivity index (χ1) is 8.12. The van der Waals surface area contributed by atoms with Gasteiger partial charge in [-0.05, 0) is 12.1 Å². The van der Waals surface area contributed by atoms with Crippen LogP contribution in [0.2, 0.25) is 0 Å². The van der Waals surface area contributed by atoms with Crippen molar-refractivity contribution in [3.63, 3.8) is 0 Å². The summed E-state index contributed by atoms with van der Waals surface area (Å²) in [5, 5.41) is 10.7.